The second-order valence-corrected chi connectivity index (χ2v) is 6.23. The molecule has 0 saturated heterocycles. The Kier molecular flexibility index (Phi) is 4.06. The molecule has 0 radical (unpaired) electrons. The zero-order valence-electron chi connectivity index (χ0n) is 13.9. The van der Waals surface area contributed by atoms with Gasteiger partial charge in [0.05, 0.1) is 16.9 Å². The Hall–Kier alpha value is -2.01. The number of rotatable bonds is 3. The fourth-order valence-electron chi connectivity index (χ4n) is 3.27. The number of nitrogens with zero attached hydrogens (tertiary/aromatic N) is 3. The molecule has 122 valence electrons. The van der Waals surface area contributed by atoms with E-state index in [2.05, 4.69) is 24.3 Å². The van der Waals surface area contributed by atoms with Crippen LogP contribution in [0.3, 0.4) is 0 Å². The molecule has 0 spiro atoms. The summed E-state index contributed by atoms with van der Waals surface area (Å²) < 4.78 is 1.92. The van der Waals surface area contributed by atoms with Crippen LogP contribution < -0.4 is 5.32 Å². The molecule has 2 aromatic rings. The van der Waals surface area contributed by atoms with Crippen LogP contribution in [0.5, 0.6) is 0 Å². The largest absolute Gasteiger partial charge is 0.361 e. The predicted octanol–water partition coefficient (Wildman–Crippen LogP) is 3.39. The van der Waals surface area contributed by atoms with Crippen molar-refractivity contribution >= 4 is 23.2 Å². The number of amides is 1. The van der Waals surface area contributed by atoms with E-state index in [1.54, 1.807) is 17.0 Å². The molecule has 1 aromatic heterocycles. The first-order chi connectivity index (χ1) is 11.0. The van der Waals surface area contributed by atoms with Crippen molar-refractivity contribution in [2.75, 3.05) is 12.4 Å². The molecule has 1 N–H and O–H groups in total. The molecule has 1 unspecified atom stereocenters. The van der Waals surface area contributed by atoms with Gasteiger partial charge in [-0.05, 0) is 31.0 Å². The molecular formula is C17H21ClN4O. The van der Waals surface area contributed by atoms with Crippen LogP contribution in [0.1, 0.15) is 47.3 Å². The molecule has 6 heteroatoms. The molecule has 2 heterocycles. The first-order valence-corrected chi connectivity index (χ1v) is 8.23. The second-order valence-electron chi connectivity index (χ2n) is 5.79. The Labute approximate surface area is 141 Å². The lowest BCUT2D eigenvalue weighted by Crippen LogP contribution is -2.40. The predicted molar refractivity (Wildman–Crippen MR) is 91.9 cm³/mol. The van der Waals surface area contributed by atoms with Gasteiger partial charge in [0.2, 0.25) is 0 Å². The number of hydrogen-bond donors (Lipinski definition) is 1. The highest BCUT2D eigenvalue weighted by Gasteiger charge is 2.34. The van der Waals surface area contributed by atoms with Gasteiger partial charge in [0.15, 0.2) is 0 Å². The van der Waals surface area contributed by atoms with E-state index in [0.717, 1.165) is 35.5 Å². The minimum absolute atomic E-state index is 0.00613. The highest BCUT2D eigenvalue weighted by Crippen LogP contribution is 2.36. The molecule has 1 aromatic carbocycles. The quantitative estimate of drug-likeness (QED) is 0.937. The maximum atomic E-state index is 12.7. The Morgan fingerprint density at radius 1 is 1.26 bits per heavy atom. The minimum atomic E-state index is -0.230. The minimum Gasteiger partial charge on any atom is -0.361 e. The Morgan fingerprint density at radius 2 is 2.00 bits per heavy atom. The van der Waals surface area contributed by atoms with Crippen LogP contribution in [0.15, 0.2) is 18.2 Å². The normalized spacial score (nSPS) is 17.2. The molecule has 0 fully saturated rings. The molecule has 0 aliphatic carbocycles. The molecule has 1 atom stereocenters. The van der Waals surface area contributed by atoms with Crippen molar-refractivity contribution in [3.05, 3.63) is 45.7 Å². The standard InChI is InChI=1S/C17H21ClN4O/c1-5-12-15(14(6-2)22(4)20-12)16-19-13-9-10(18)7-8-11(13)17(23)21(16)3/h7-9,16,19H,5-6H2,1-4H3. The number of benzene rings is 1. The highest BCUT2D eigenvalue weighted by atomic mass is 35.5. The number of hydrogen-bond acceptors (Lipinski definition) is 3. The van der Waals surface area contributed by atoms with Crippen LogP contribution in [0.2, 0.25) is 5.02 Å². The summed E-state index contributed by atoms with van der Waals surface area (Å²) >= 11 is 6.09. The second kappa shape index (κ2) is 5.89. The number of aryl methyl sites for hydroxylation is 2. The number of fused-ring (bicyclic) bond motifs is 1. The molecule has 23 heavy (non-hydrogen) atoms. The van der Waals surface area contributed by atoms with Gasteiger partial charge in [0, 0.05) is 30.4 Å². The summed E-state index contributed by atoms with van der Waals surface area (Å²) in [6.07, 6.45) is 1.46. The summed E-state index contributed by atoms with van der Waals surface area (Å²) in [6.45, 7) is 4.19. The zero-order valence-corrected chi connectivity index (χ0v) is 14.6. The summed E-state index contributed by atoms with van der Waals surface area (Å²) in [4.78, 5) is 14.5. The van der Waals surface area contributed by atoms with Gasteiger partial charge < -0.3 is 10.2 Å². The van der Waals surface area contributed by atoms with E-state index in [1.165, 1.54) is 0 Å². The Balaban J connectivity index is 2.13. The molecule has 1 aliphatic rings. The van der Waals surface area contributed by atoms with E-state index in [0.29, 0.717) is 10.6 Å². The zero-order chi connectivity index (χ0) is 16.7. The first-order valence-electron chi connectivity index (χ1n) is 7.85. The van der Waals surface area contributed by atoms with Crippen molar-refractivity contribution in [1.82, 2.24) is 14.7 Å². The summed E-state index contributed by atoms with van der Waals surface area (Å²) in [5.74, 6) is -0.00613. The van der Waals surface area contributed by atoms with Crippen LogP contribution in [0.4, 0.5) is 5.69 Å². The van der Waals surface area contributed by atoms with Crippen LogP contribution >= 0.6 is 11.6 Å². The Bertz CT molecular complexity index is 768. The van der Waals surface area contributed by atoms with Crippen molar-refractivity contribution < 1.29 is 4.79 Å². The van der Waals surface area contributed by atoms with Gasteiger partial charge in [-0.1, -0.05) is 25.4 Å². The number of aromatic nitrogens is 2. The van der Waals surface area contributed by atoms with Gasteiger partial charge in [0.25, 0.3) is 5.91 Å². The van der Waals surface area contributed by atoms with Crippen LogP contribution in [0, 0.1) is 0 Å². The monoisotopic (exact) mass is 332 g/mol. The number of carbonyl (C=O) groups excluding carboxylic acids is 1. The fraction of sp³-hybridized carbons (Fsp3) is 0.412. The lowest BCUT2D eigenvalue weighted by atomic mass is 10.0. The van der Waals surface area contributed by atoms with Crippen LogP contribution in [-0.4, -0.2) is 27.6 Å². The van der Waals surface area contributed by atoms with Gasteiger partial charge in [-0.25, -0.2) is 0 Å². The Morgan fingerprint density at radius 3 is 2.65 bits per heavy atom. The van der Waals surface area contributed by atoms with Crippen molar-refractivity contribution in [1.29, 1.82) is 0 Å². The lowest BCUT2D eigenvalue weighted by Gasteiger charge is -2.36. The number of halogens is 1. The van der Waals surface area contributed by atoms with Gasteiger partial charge in [-0.3, -0.25) is 9.48 Å². The highest BCUT2D eigenvalue weighted by molar-refractivity contribution is 6.31. The van der Waals surface area contributed by atoms with E-state index in [9.17, 15) is 4.79 Å². The van der Waals surface area contributed by atoms with E-state index < -0.39 is 0 Å². The average molecular weight is 333 g/mol. The van der Waals surface area contributed by atoms with Gasteiger partial charge in [0.1, 0.15) is 6.17 Å². The molecule has 1 aliphatic heterocycles. The first kappa shape index (κ1) is 15.9. The molecule has 0 bridgehead atoms. The van der Waals surface area contributed by atoms with E-state index >= 15 is 0 Å². The third-order valence-corrected chi connectivity index (χ3v) is 4.67. The molecule has 3 rings (SSSR count). The number of carbonyl (C=O) groups is 1. The summed E-state index contributed by atoms with van der Waals surface area (Å²) in [7, 11) is 3.78. The summed E-state index contributed by atoms with van der Waals surface area (Å²) in [5, 5.41) is 8.70. The maximum Gasteiger partial charge on any atom is 0.257 e. The van der Waals surface area contributed by atoms with Crippen molar-refractivity contribution in [2.24, 2.45) is 7.05 Å². The third-order valence-electron chi connectivity index (χ3n) is 4.44. The smallest absolute Gasteiger partial charge is 0.257 e. The maximum absolute atomic E-state index is 12.7. The van der Waals surface area contributed by atoms with Crippen molar-refractivity contribution in [2.45, 2.75) is 32.9 Å². The molecule has 0 saturated carbocycles. The SMILES string of the molecule is CCc1nn(C)c(CC)c1C1Nc2cc(Cl)ccc2C(=O)N1C. The van der Waals surface area contributed by atoms with Crippen LogP contribution in [0.25, 0.3) is 0 Å². The molecular weight excluding hydrogens is 312 g/mol. The van der Waals surface area contributed by atoms with Crippen LogP contribution in [-0.2, 0) is 19.9 Å². The fourth-order valence-corrected chi connectivity index (χ4v) is 3.44. The van der Waals surface area contributed by atoms with E-state index in [4.69, 9.17) is 11.6 Å². The van der Waals surface area contributed by atoms with Gasteiger partial charge >= 0.3 is 0 Å². The summed E-state index contributed by atoms with van der Waals surface area (Å²) in [6, 6.07) is 5.32. The van der Waals surface area contributed by atoms with Gasteiger partial charge in [-0.15, -0.1) is 0 Å². The topological polar surface area (TPSA) is 50.2 Å². The van der Waals surface area contributed by atoms with Gasteiger partial charge in [-0.2, -0.15) is 5.10 Å². The molecule has 1 amide bonds. The molecule has 5 nitrogen and oxygen atoms in total. The lowest BCUT2D eigenvalue weighted by molar-refractivity contribution is 0.0734. The van der Waals surface area contributed by atoms with E-state index in [1.807, 2.05) is 24.8 Å². The summed E-state index contributed by atoms with van der Waals surface area (Å²) in [5.41, 5.74) is 4.68. The average Bonchev–Trinajstić information content (AvgIpc) is 2.86. The number of nitrogens with one attached hydrogen (secondary N) is 1. The number of anilines is 1. The third kappa shape index (κ3) is 2.49. The van der Waals surface area contributed by atoms with Crippen molar-refractivity contribution in [3.63, 3.8) is 0 Å². The van der Waals surface area contributed by atoms with E-state index in [-0.39, 0.29) is 12.1 Å². The van der Waals surface area contributed by atoms with Crippen molar-refractivity contribution in [3.8, 4) is 0 Å².